The Bertz CT molecular complexity index is 1050. The number of fused-ring (bicyclic) bond motifs is 1. The molecule has 0 fully saturated rings. The molecule has 4 rings (SSSR count). The van der Waals surface area contributed by atoms with Crippen LogP contribution in [-0.2, 0) is 37.4 Å². The van der Waals surface area contributed by atoms with Crippen LogP contribution in [0.3, 0.4) is 0 Å². The SMILES string of the molecule is Cc1ccc(C(=O)Cl)cc1.NCc1ccccc1.O=C1CCc2cc(CO)c(CO)cc2C1. The quantitative estimate of drug-likeness (QED) is 0.498. The number of hydrogen-bond acceptors (Lipinski definition) is 5. The first-order chi connectivity index (χ1) is 15.9. The van der Waals surface area contributed by atoms with Gasteiger partial charge in [0.1, 0.15) is 5.78 Å². The Morgan fingerprint density at radius 2 is 1.48 bits per heavy atom. The van der Waals surface area contributed by atoms with Crippen LogP contribution in [0.15, 0.2) is 66.7 Å². The molecule has 33 heavy (non-hydrogen) atoms. The predicted molar refractivity (Wildman–Crippen MR) is 131 cm³/mol. The van der Waals surface area contributed by atoms with Crippen LogP contribution in [0.2, 0.25) is 0 Å². The van der Waals surface area contributed by atoms with Gasteiger partial charge in [0.05, 0.1) is 13.2 Å². The number of carbonyl (C=O) groups is 2. The van der Waals surface area contributed by atoms with Crippen molar-refractivity contribution >= 4 is 22.6 Å². The van der Waals surface area contributed by atoms with Crippen LogP contribution >= 0.6 is 11.6 Å². The molecule has 0 heterocycles. The Labute approximate surface area is 199 Å². The van der Waals surface area contributed by atoms with E-state index in [0.29, 0.717) is 24.9 Å². The molecule has 0 radical (unpaired) electrons. The average molecular weight is 468 g/mol. The summed E-state index contributed by atoms with van der Waals surface area (Å²) in [6.07, 6.45) is 1.82. The summed E-state index contributed by atoms with van der Waals surface area (Å²) in [5.74, 6) is 0.253. The molecule has 0 bridgehead atoms. The van der Waals surface area contributed by atoms with E-state index in [1.165, 1.54) is 5.56 Å². The number of halogens is 1. The van der Waals surface area contributed by atoms with Crippen molar-refractivity contribution in [2.45, 2.75) is 45.9 Å². The Hall–Kier alpha value is -2.83. The number of ketones is 1. The molecular formula is C27H30ClNO4. The molecule has 0 saturated heterocycles. The number of nitrogens with two attached hydrogens (primary N) is 1. The normalized spacial score (nSPS) is 12.0. The molecule has 1 aliphatic rings. The van der Waals surface area contributed by atoms with Crippen molar-refractivity contribution in [3.63, 3.8) is 0 Å². The van der Waals surface area contributed by atoms with Crippen LogP contribution in [0.5, 0.6) is 0 Å². The van der Waals surface area contributed by atoms with Gasteiger partial charge >= 0.3 is 0 Å². The lowest BCUT2D eigenvalue weighted by molar-refractivity contribution is -0.118. The van der Waals surface area contributed by atoms with Crippen LogP contribution in [-0.4, -0.2) is 21.2 Å². The number of carbonyl (C=O) groups excluding carboxylic acids is 2. The van der Waals surface area contributed by atoms with E-state index in [2.05, 4.69) is 0 Å². The molecule has 0 aliphatic heterocycles. The maximum atomic E-state index is 11.3. The number of aliphatic hydroxyl groups is 2. The maximum Gasteiger partial charge on any atom is 0.252 e. The summed E-state index contributed by atoms with van der Waals surface area (Å²) in [6, 6.07) is 20.9. The highest BCUT2D eigenvalue weighted by Crippen LogP contribution is 2.23. The molecule has 0 amide bonds. The number of Topliss-reactive ketones (excluding diaryl/α,β-unsaturated/α-hetero) is 1. The van der Waals surface area contributed by atoms with Gasteiger partial charge in [-0.15, -0.1) is 0 Å². The third kappa shape index (κ3) is 8.56. The second-order valence-electron chi connectivity index (χ2n) is 7.75. The van der Waals surface area contributed by atoms with Crippen LogP contribution in [0.1, 0.15) is 50.2 Å². The lowest BCUT2D eigenvalue weighted by Gasteiger charge is -2.17. The Morgan fingerprint density at radius 3 is 1.97 bits per heavy atom. The average Bonchev–Trinajstić information content (AvgIpc) is 2.84. The van der Waals surface area contributed by atoms with E-state index < -0.39 is 5.24 Å². The molecule has 6 heteroatoms. The first kappa shape index (κ1) is 26.4. The molecule has 3 aromatic carbocycles. The van der Waals surface area contributed by atoms with E-state index >= 15 is 0 Å². The molecule has 0 atom stereocenters. The topological polar surface area (TPSA) is 101 Å². The minimum atomic E-state index is -0.403. The summed E-state index contributed by atoms with van der Waals surface area (Å²) in [5.41, 5.74) is 11.9. The van der Waals surface area contributed by atoms with Crippen LogP contribution in [0, 0.1) is 6.92 Å². The fourth-order valence-corrected chi connectivity index (χ4v) is 3.48. The van der Waals surface area contributed by atoms with Gasteiger partial charge in [-0.1, -0.05) is 60.2 Å². The second kappa shape index (κ2) is 13.7. The van der Waals surface area contributed by atoms with Crippen molar-refractivity contribution < 1.29 is 19.8 Å². The van der Waals surface area contributed by atoms with Crippen molar-refractivity contribution in [1.29, 1.82) is 0 Å². The van der Waals surface area contributed by atoms with E-state index in [1.807, 2.05) is 61.5 Å². The van der Waals surface area contributed by atoms with E-state index in [4.69, 9.17) is 27.5 Å². The molecule has 0 spiro atoms. The van der Waals surface area contributed by atoms with Gasteiger partial charge < -0.3 is 15.9 Å². The lowest BCUT2D eigenvalue weighted by atomic mass is 9.87. The van der Waals surface area contributed by atoms with Crippen molar-refractivity contribution in [2.24, 2.45) is 5.73 Å². The van der Waals surface area contributed by atoms with Gasteiger partial charge in [-0.2, -0.15) is 0 Å². The molecule has 0 aromatic heterocycles. The minimum absolute atomic E-state index is 0.0584. The molecular weight excluding hydrogens is 438 g/mol. The molecule has 4 N–H and O–H groups in total. The van der Waals surface area contributed by atoms with Gasteiger partial charge in [-0.3, -0.25) is 9.59 Å². The molecule has 0 saturated carbocycles. The third-order valence-corrected chi connectivity index (χ3v) is 5.50. The fraction of sp³-hybridized carbons (Fsp3) is 0.259. The Kier molecular flexibility index (Phi) is 10.9. The number of aliphatic hydroxyl groups excluding tert-OH is 2. The lowest BCUT2D eigenvalue weighted by Crippen LogP contribution is -2.14. The zero-order valence-corrected chi connectivity index (χ0v) is 19.5. The highest BCUT2D eigenvalue weighted by atomic mass is 35.5. The summed E-state index contributed by atoms with van der Waals surface area (Å²) in [7, 11) is 0. The largest absolute Gasteiger partial charge is 0.392 e. The molecule has 5 nitrogen and oxygen atoms in total. The van der Waals surface area contributed by atoms with Crippen molar-refractivity contribution in [3.05, 3.63) is 106 Å². The Morgan fingerprint density at radius 1 is 0.909 bits per heavy atom. The van der Waals surface area contributed by atoms with Gasteiger partial charge in [-0.05, 0) is 64.9 Å². The standard InChI is InChI=1S/C12H14O3.C8H7ClO.C7H9N/c13-6-10-3-8-1-2-12(15)5-9(8)4-11(10)7-14;1-6-2-4-7(5-3-6)8(9)10;8-6-7-4-2-1-3-5-7/h3-4,13-14H,1-2,5-7H2;2-5H,1H3;1-5H,6,8H2. The number of hydrogen-bond donors (Lipinski definition) is 3. The summed E-state index contributed by atoms with van der Waals surface area (Å²) in [4.78, 5) is 21.8. The van der Waals surface area contributed by atoms with E-state index in [1.54, 1.807) is 12.1 Å². The van der Waals surface area contributed by atoms with E-state index in [0.717, 1.165) is 34.2 Å². The summed E-state index contributed by atoms with van der Waals surface area (Å²) in [6.45, 7) is 2.46. The van der Waals surface area contributed by atoms with Crippen LogP contribution in [0.4, 0.5) is 0 Å². The van der Waals surface area contributed by atoms with Gasteiger partial charge in [0.15, 0.2) is 0 Å². The zero-order chi connectivity index (χ0) is 24.2. The van der Waals surface area contributed by atoms with Crippen LogP contribution in [0.25, 0.3) is 0 Å². The number of aryl methyl sites for hydroxylation is 2. The van der Waals surface area contributed by atoms with Crippen molar-refractivity contribution in [1.82, 2.24) is 0 Å². The highest BCUT2D eigenvalue weighted by Gasteiger charge is 2.17. The summed E-state index contributed by atoms with van der Waals surface area (Å²) < 4.78 is 0. The van der Waals surface area contributed by atoms with Gasteiger partial charge in [-0.25, -0.2) is 0 Å². The van der Waals surface area contributed by atoms with E-state index in [9.17, 15) is 9.59 Å². The van der Waals surface area contributed by atoms with Gasteiger partial charge in [0, 0.05) is 24.9 Å². The first-order valence-electron chi connectivity index (χ1n) is 10.7. The number of benzene rings is 3. The first-order valence-corrected chi connectivity index (χ1v) is 11.1. The molecule has 1 aliphatic carbocycles. The number of rotatable bonds is 4. The van der Waals surface area contributed by atoms with Crippen molar-refractivity contribution in [3.8, 4) is 0 Å². The van der Waals surface area contributed by atoms with Crippen molar-refractivity contribution in [2.75, 3.05) is 0 Å². The second-order valence-corrected chi connectivity index (χ2v) is 8.09. The highest BCUT2D eigenvalue weighted by molar-refractivity contribution is 6.67. The van der Waals surface area contributed by atoms with E-state index in [-0.39, 0.29) is 19.0 Å². The zero-order valence-electron chi connectivity index (χ0n) is 18.8. The smallest absolute Gasteiger partial charge is 0.252 e. The fourth-order valence-electron chi connectivity index (χ4n) is 3.36. The molecule has 0 unspecified atom stereocenters. The summed E-state index contributed by atoms with van der Waals surface area (Å²) in [5, 5.41) is 17.8. The third-order valence-electron chi connectivity index (χ3n) is 5.28. The monoisotopic (exact) mass is 467 g/mol. The van der Waals surface area contributed by atoms with Gasteiger partial charge in [0.2, 0.25) is 0 Å². The molecule has 3 aromatic rings. The Balaban J connectivity index is 0.000000186. The summed E-state index contributed by atoms with van der Waals surface area (Å²) >= 11 is 5.22. The predicted octanol–water partition coefficient (Wildman–Crippen LogP) is 4.25. The van der Waals surface area contributed by atoms with Gasteiger partial charge in [0.25, 0.3) is 5.24 Å². The molecule has 174 valence electrons. The maximum absolute atomic E-state index is 11.3. The minimum Gasteiger partial charge on any atom is -0.392 e. The van der Waals surface area contributed by atoms with Crippen LogP contribution < -0.4 is 5.73 Å².